The molecule has 8 heterocycles. The number of rotatable bonds is 19. The molecule has 0 bridgehead atoms. The number of aromatic carboxylic acids is 6. The number of aryl methyl sites for hydroxylation is 3. The largest absolute Gasteiger partial charge is 0.478 e. The number of aromatic nitrogens is 12. The molecule has 0 saturated heterocycles. The summed E-state index contributed by atoms with van der Waals surface area (Å²) in [4.78, 5) is 78.3. The first kappa shape index (κ1) is 94.1. The molecule has 0 aliphatic rings. The first-order chi connectivity index (χ1) is 67.6. The number of fused-ring (bicyclic) bond motifs is 2. The Labute approximate surface area is 800 Å². The van der Waals surface area contributed by atoms with Crippen LogP contribution in [0.1, 0.15) is 78.8 Å². The van der Waals surface area contributed by atoms with Gasteiger partial charge in [-0.2, -0.15) is 30.6 Å². The number of carboxylic acid groups (broad SMARTS) is 6. The Kier molecular flexibility index (Phi) is 28.5. The van der Waals surface area contributed by atoms with Crippen molar-refractivity contribution in [3.05, 3.63) is 467 Å². The predicted molar refractivity (Wildman–Crippen MR) is 526 cm³/mol. The maximum absolute atomic E-state index is 13.6. The van der Waals surface area contributed by atoms with Gasteiger partial charge in [0.2, 0.25) is 0 Å². The third-order valence-electron chi connectivity index (χ3n) is 22.1. The molecule has 690 valence electrons. The van der Waals surface area contributed by atoms with Crippen molar-refractivity contribution in [3.63, 3.8) is 0 Å². The van der Waals surface area contributed by atoms with Gasteiger partial charge in [-0.15, -0.1) is 0 Å². The fourth-order valence-electron chi connectivity index (χ4n) is 14.4. The molecule has 21 aromatic rings. The molecule has 0 fully saturated rings. The van der Waals surface area contributed by atoms with Crippen molar-refractivity contribution in [2.24, 2.45) is 0 Å². The summed E-state index contributed by atoms with van der Waals surface area (Å²) in [7, 11) is 0. The van der Waals surface area contributed by atoms with Gasteiger partial charge in [0.15, 0.2) is 5.76 Å². The zero-order valence-electron chi connectivity index (χ0n) is 74.3. The summed E-state index contributed by atoms with van der Waals surface area (Å²) in [6.07, 6.45) is 15.7. The van der Waals surface area contributed by atoms with Crippen LogP contribution in [0.25, 0.3) is 135 Å². The van der Waals surface area contributed by atoms with Gasteiger partial charge in [-0.05, 0) is 235 Å². The Balaban J connectivity index is 0.000000121. The normalized spacial score (nSPS) is 10.7. The standard InChI is InChI=1S/C22H16N2O2.C19H12N2O4.C18H12N2O3.C17H13ClN2O2.2C17H13FN2O2/c25-22(26)19-7-4-8-20(15-19)24-14-13-21(23-24)18-11-9-17(10-12-18)16-5-2-1-3-6-16;22-18(23)13-5-3-6-14(10-13)21-9-8-16(20-21)15-11-12-4-1-2-7-17(12)25-19(15)24;21-18(22)13-5-3-6-14(10-13)20-9-8-15(19-20)17-11-12-4-1-2-7-16(12)23-17;2*1-11-2-7-15(8-16(11)18)20-10-14(9-19-20)12-3-5-13(6-4-12)17(21)22;1-11-5-6-15(8-16(11)18)20-10-14(9-19-20)12-3-2-4-13(7-12)17(21)22/h1-15H,(H,25,26);1-11H,(H,22,23);1-11H,(H,21,22);3*2-10H,1H3,(H,21,22). The van der Waals surface area contributed by atoms with E-state index in [1.807, 2.05) is 141 Å². The van der Waals surface area contributed by atoms with Crippen LogP contribution in [0, 0.1) is 32.4 Å². The van der Waals surface area contributed by atoms with Gasteiger partial charge in [-0.1, -0.05) is 175 Å². The van der Waals surface area contributed by atoms with E-state index in [4.69, 9.17) is 51.1 Å². The fourth-order valence-corrected chi connectivity index (χ4v) is 14.6. The minimum absolute atomic E-state index is 0.166. The minimum atomic E-state index is -1.01. The van der Waals surface area contributed by atoms with Crippen LogP contribution < -0.4 is 5.63 Å². The van der Waals surface area contributed by atoms with Gasteiger partial charge in [0, 0.05) is 75.2 Å². The minimum Gasteiger partial charge on any atom is -0.478 e. The molecule has 0 atom stereocenters. The van der Waals surface area contributed by atoms with E-state index in [0.29, 0.717) is 67.2 Å². The van der Waals surface area contributed by atoms with Crippen LogP contribution in [0.2, 0.25) is 5.02 Å². The Morgan fingerprint density at radius 2 is 0.629 bits per heavy atom. The second-order valence-electron chi connectivity index (χ2n) is 31.6. The predicted octanol–water partition coefficient (Wildman–Crippen LogP) is 23.8. The van der Waals surface area contributed by atoms with E-state index in [1.54, 1.807) is 238 Å². The molecule has 0 radical (unpaired) electrons. The Hall–Kier alpha value is -19.2. The summed E-state index contributed by atoms with van der Waals surface area (Å²) < 4.78 is 48.1. The Morgan fingerprint density at radius 3 is 1.08 bits per heavy atom. The number of benzene rings is 13. The van der Waals surface area contributed by atoms with E-state index in [1.165, 1.54) is 40.6 Å². The quantitative estimate of drug-likeness (QED) is 0.0409. The van der Waals surface area contributed by atoms with Gasteiger partial charge in [0.05, 0.1) is 97.4 Å². The molecular weight excluding hydrogens is 1800 g/mol. The number of halogens is 3. The summed E-state index contributed by atoms with van der Waals surface area (Å²) in [5.41, 5.74) is 19.2. The average Bonchev–Trinajstić information content (AvgIpc) is 1.61. The maximum atomic E-state index is 13.6. The highest BCUT2D eigenvalue weighted by Gasteiger charge is 2.19. The summed E-state index contributed by atoms with van der Waals surface area (Å²) in [5, 5.41) is 82.9. The number of carboxylic acids is 6. The number of para-hydroxylation sites is 2. The molecule has 0 aliphatic heterocycles. The van der Waals surface area contributed by atoms with Crippen LogP contribution in [0.15, 0.2) is 403 Å². The molecule has 8 aromatic heterocycles. The molecule has 6 N–H and O–H groups in total. The van der Waals surface area contributed by atoms with Crippen molar-refractivity contribution in [2.75, 3.05) is 0 Å². The van der Waals surface area contributed by atoms with E-state index in [2.05, 4.69) is 54.9 Å². The van der Waals surface area contributed by atoms with Crippen LogP contribution in [-0.2, 0) is 0 Å². The van der Waals surface area contributed by atoms with Crippen molar-refractivity contribution in [2.45, 2.75) is 20.8 Å². The van der Waals surface area contributed by atoms with Gasteiger partial charge in [-0.25, -0.2) is 70.4 Å². The summed E-state index contributed by atoms with van der Waals surface area (Å²) >= 11 is 6.14. The van der Waals surface area contributed by atoms with Gasteiger partial charge >= 0.3 is 41.4 Å². The van der Waals surface area contributed by atoms with Crippen molar-refractivity contribution in [1.29, 1.82) is 0 Å². The molecule has 27 nitrogen and oxygen atoms in total. The molecule has 0 saturated carbocycles. The van der Waals surface area contributed by atoms with Crippen LogP contribution in [0.5, 0.6) is 0 Å². The first-order valence-electron chi connectivity index (χ1n) is 43.0. The fraction of sp³-hybridized carbons (Fsp3) is 0.0273. The van der Waals surface area contributed by atoms with Crippen LogP contribution >= 0.6 is 11.6 Å². The van der Waals surface area contributed by atoms with Gasteiger partial charge in [-0.3, -0.25) is 0 Å². The average molecular weight is 1880 g/mol. The molecule has 0 aliphatic carbocycles. The zero-order valence-corrected chi connectivity index (χ0v) is 75.1. The SMILES string of the molecule is Cc1ccc(-n2cc(-c3ccc(C(=O)O)cc3)cn2)cc1Cl.Cc1ccc(-n2cc(-c3ccc(C(=O)O)cc3)cn2)cc1F.Cc1ccc(-n2cc(-c3cccc(C(=O)O)c3)cn2)cc1F.O=C(O)c1cccc(-n2ccc(-c3cc4ccccc4o3)n2)c1.O=C(O)c1cccc(-n2ccc(-c3cc4ccccc4oc3=O)n2)c1.O=C(O)c1cccc(-n2ccc(-c3ccc(-c4ccccc4)cc3)n2)c1. The smallest absolute Gasteiger partial charge is 0.345 e. The lowest BCUT2D eigenvalue weighted by molar-refractivity contribution is 0.0686. The molecule has 0 amide bonds. The number of hydrogen-bond donors (Lipinski definition) is 6. The molecule has 0 spiro atoms. The lowest BCUT2D eigenvalue weighted by Crippen LogP contribution is -2.04. The van der Waals surface area contributed by atoms with Gasteiger partial charge in [0.25, 0.3) is 0 Å². The molecular formula is C110H79ClF2N12O15. The van der Waals surface area contributed by atoms with Crippen molar-refractivity contribution in [1.82, 2.24) is 58.7 Å². The topological polar surface area (TPSA) is 374 Å². The molecule has 21 rings (SSSR count). The monoisotopic (exact) mass is 1880 g/mol. The van der Waals surface area contributed by atoms with E-state index in [0.717, 1.165) is 83.5 Å². The van der Waals surface area contributed by atoms with E-state index in [-0.39, 0.29) is 45.0 Å². The summed E-state index contributed by atoms with van der Waals surface area (Å²) in [6.45, 7) is 5.35. The number of carbonyl (C=O) groups is 6. The highest BCUT2D eigenvalue weighted by atomic mass is 35.5. The first-order valence-corrected chi connectivity index (χ1v) is 43.4. The number of furan rings is 1. The van der Waals surface area contributed by atoms with Gasteiger partial charge in [0.1, 0.15) is 34.2 Å². The van der Waals surface area contributed by atoms with Crippen molar-refractivity contribution in [3.8, 4) is 113 Å². The zero-order chi connectivity index (χ0) is 98.2. The van der Waals surface area contributed by atoms with Crippen LogP contribution in [0.3, 0.4) is 0 Å². The Morgan fingerprint density at radius 1 is 0.286 bits per heavy atom. The van der Waals surface area contributed by atoms with E-state index < -0.39 is 41.4 Å². The third kappa shape index (κ3) is 22.7. The maximum Gasteiger partial charge on any atom is 0.345 e. The lowest BCUT2D eigenvalue weighted by atomic mass is 10.0. The summed E-state index contributed by atoms with van der Waals surface area (Å²) in [6, 6.07) is 97.8. The third-order valence-corrected chi connectivity index (χ3v) is 22.5. The number of hydrogen-bond acceptors (Lipinski definition) is 15. The molecule has 140 heavy (non-hydrogen) atoms. The Bertz CT molecular complexity index is 8050. The van der Waals surface area contributed by atoms with Crippen LogP contribution in [-0.4, -0.2) is 125 Å². The summed E-state index contributed by atoms with van der Waals surface area (Å²) in [5.74, 6) is -5.68. The van der Waals surface area contributed by atoms with E-state index >= 15 is 0 Å². The second kappa shape index (κ2) is 42.4. The van der Waals surface area contributed by atoms with Crippen molar-refractivity contribution >= 4 is 69.4 Å². The molecule has 13 aromatic carbocycles. The number of nitrogens with zero attached hydrogens (tertiary/aromatic N) is 12. The molecule has 0 unspecified atom stereocenters. The van der Waals surface area contributed by atoms with Crippen LogP contribution in [0.4, 0.5) is 8.78 Å². The second-order valence-corrected chi connectivity index (χ2v) is 32.0. The van der Waals surface area contributed by atoms with Gasteiger partial charge < -0.3 is 39.5 Å². The lowest BCUT2D eigenvalue weighted by Gasteiger charge is -2.04. The molecule has 30 heteroatoms. The van der Waals surface area contributed by atoms with Crippen molar-refractivity contribution < 1.29 is 77.0 Å². The highest BCUT2D eigenvalue weighted by molar-refractivity contribution is 6.31. The highest BCUT2D eigenvalue weighted by Crippen LogP contribution is 2.32. The van der Waals surface area contributed by atoms with E-state index in [9.17, 15) is 42.3 Å².